The molecule has 128 valence electrons. The summed E-state index contributed by atoms with van der Waals surface area (Å²) in [6, 6.07) is 12.5. The van der Waals surface area contributed by atoms with Crippen LogP contribution in [-0.2, 0) is 4.74 Å². The second kappa shape index (κ2) is 7.27. The van der Waals surface area contributed by atoms with E-state index < -0.39 is 12.0 Å². The van der Waals surface area contributed by atoms with Crippen LogP contribution in [0.3, 0.4) is 0 Å². The number of carbonyl (C=O) groups excluding carboxylic acids is 1. The smallest absolute Gasteiger partial charge is 0.337 e. The summed E-state index contributed by atoms with van der Waals surface area (Å²) in [4.78, 5) is 15.9. The molecule has 1 aromatic heterocycles. The van der Waals surface area contributed by atoms with Crippen LogP contribution in [0, 0.1) is 5.82 Å². The van der Waals surface area contributed by atoms with Crippen LogP contribution in [0.5, 0.6) is 0 Å². The number of aliphatic hydroxyl groups excluding tert-OH is 1. The Kier molecular flexibility index (Phi) is 4.90. The van der Waals surface area contributed by atoms with Crippen LogP contribution in [0.2, 0.25) is 0 Å². The van der Waals surface area contributed by atoms with Crippen molar-refractivity contribution < 1.29 is 19.0 Å². The molecule has 1 N–H and O–H groups in total. The van der Waals surface area contributed by atoms with Gasteiger partial charge in [0.15, 0.2) is 0 Å². The van der Waals surface area contributed by atoms with Gasteiger partial charge in [0, 0.05) is 18.0 Å². The number of methoxy groups -OCH3 is 1. The maximum atomic E-state index is 13.2. The van der Waals surface area contributed by atoms with Crippen LogP contribution in [0.4, 0.5) is 4.39 Å². The summed E-state index contributed by atoms with van der Waals surface area (Å²) in [7, 11) is 1.33. The van der Waals surface area contributed by atoms with E-state index in [2.05, 4.69) is 4.98 Å². The van der Waals surface area contributed by atoms with Gasteiger partial charge in [-0.15, -0.1) is 0 Å². The van der Waals surface area contributed by atoms with E-state index in [-0.39, 0.29) is 12.4 Å². The van der Waals surface area contributed by atoms with Gasteiger partial charge in [-0.1, -0.05) is 24.3 Å². The number of ether oxygens (including phenoxy) is 1. The maximum absolute atomic E-state index is 13.2. The van der Waals surface area contributed by atoms with E-state index in [0.717, 1.165) is 11.1 Å². The van der Waals surface area contributed by atoms with Crippen LogP contribution >= 0.6 is 0 Å². The summed E-state index contributed by atoms with van der Waals surface area (Å²) in [6.45, 7) is -0.158. The van der Waals surface area contributed by atoms with Crippen LogP contribution in [0.15, 0.2) is 60.9 Å². The quantitative estimate of drug-likeness (QED) is 0.725. The summed E-state index contributed by atoms with van der Waals surface area (Å²) >= 11 is 0. The summed E-state index contributed by atoms with van der Waals surface area (Å²) in [5, 5.41) is 9.84. The molecule has 0 amide bonds. The molecule has 0 saturated carbocycles. The molecule has 3 aromatic rings. The van der Waals surface area contributed by atoms with Gasteiger partial charge in [-0.3, -0.25) is 0 Å². The Morgan fingerprint density at radius 1 is 1.20 bits per heavy atom. The Hall–Kier alpha value is -2.99. The third kappa shape index (κ3) is 3.44. The molecule has 0 bridgehead atoms. The van der Waals surface area contributed by atoms with E-state index in [4.69, 9.17) is 4.74 Å². The second-order valence-electron chi connectivity index (χ2n) is 5.48. The van der Waals surface area contributed by atoms with Gasteiger partial charge in [-0.25, -0.2) is 14.2 Å². The minimum atomic E-state index is -0.408. The number of aliphatic hydroxyl groups is 1. The molecule has 0 saturated heterocycles. The molecule has 0 aliphatic rings. The van der Waals surface area contributed by atoms with Gasteiger partial charge >= 0.3 is 5.97 Å². The molecule has 5 nitrogen and oxygen atoms in total. The van der Waals surface area contributed by atoms with Crippen molar-refractivity contribution in [1.29, 1.82) is 0 Å². The normalized spacial score (nSPS) is 12.0. The monoisotopic (exact) mass is 340 g/mol. The average molecular weight is 340 g/mol. The molecule has 6 heteroatoms. The van der Waals surface area contributed by atoms with E-state index in [1.54, 1.807) is 48.8 Å². The van der Waals surface area contributed by atoms with Gasteiger partial charge in [0.2, 0.25) is 0 Å². The predicted molar refractivity (Wildman–Crippen MR) is 90.6 cm³/mol. The molecule has 1 atom stereocenters. The molecule has 25 heavy (non-hydrogen) atoms. The number of hydrogen-bond acceptors (Lipinski definition) is 4. The van der Waals surface area contributed by atoms with Crippen molar-refractivity contribution in [3.8, 4) is 11.4 Å². The van der Waals surface area contributed by atoms with E-state index >= 15 is 0 Å². The highest BCUT2D eigenvalue weighted by Gasteiger charge is 2.17. The summed E-state index contributed by atoms with van der Waals surface area (Å²) in [5.41, 5.74) is 2.01. The number of aromatic nitrogens is 2. The van der Waals surface area contributed by atoms with E-state index in [9.17, 15) is 14.3 Å². The Labute approximate surface area is 144 Å². The molecule has 2 aromatic carbocycles. The van der Waals surface area contributed by atoms with Gasteiger partial charge in [0.05, 0.1) is 25.3 Å². The predicted octanol–water partition coefficient (Wildman–Crippen LogP) is 3.06. The number of benzene rings is 2. The Morgan fingerprint density at radius 3 is 2.48 bits per heavy atom. The van der Waals surface area contributed by atoms with Crippen LogP contribution in [0.1, 0.15) is 22.0 Å². The van der Waals surface area contributed by atoms with Gasteiger partial charge in [-0.05, 0) is 29.8 Å². The first-order valence-electron chi connectivity index (χ1n) is 7.72. The van der Waals surface area contributed by atoms with Crippen molar-refractivity contribution in [3.63, 3.8) is 0 Å². The molecule has 0 fully saturated rings. The molecule has 3 rings (SSSR count). The van der Waals surface area contributed by atoms with Crippen LogP contribution in [-0.4, -0.2) is 34.3 Å². The zero-order valence-electron chi connectivity index (χ0n) is 13.6. The lowest BCUT2D eigenvalue weighted by Gasteiger charge is -2.19. The van der Waals surface area contributed by atoms with Crippen molar-refractivity contribution in [2.75, 3.05) is 13.7 Å². The first-order valence-corrected chi connectivity index (χ1v) is 7.72. The maximum Gasteiger partial charge on any atom is 0.337 e. The highest BCUT2D eigenvalue weighted by Crippen LogP contribution is 2.26. The fourth-order valence-electron chi connectivity index (χ4n) is 2.70. The number of nitrogens with zero attached hydrogens (tertiary/aromatic N) is 2. The number of carbonyl (C=O) groups is 1. The number of halogens is 1. The molecule has 0 spiro atoms. The van der Waals surface area contributed by atoms with E-state index in [0.29, 0.717) is 11.4 Å². The number of hydrogen-bond donors (Lipinski definition) is 1. The van der Waals surface area contributed by atoms with Crippen molar-refractivity contribution in [3.05, 3.63) is 77.9 Å². The molecular weight excluding hydrogens is 323 g/mol. The number of imidazole rings is 1. The summed E-state index contributed by atoms with van der Waals surface area (Å²) in [5.74, 6) is -0.0982. The zero-order chi connectivity index (χ0) is 17.8. The highest BCUT2D eigenvalue weighted by atomic mass is 19.1. The van der Waals surface area contributed by atoms with Crippen molar-refractivity contribution in [1.82, 2.24) is 9.55 Å². The minimum Gasteiger partial charge on any atom is -0.465 e. The van der Waals surface area contributed by atoms with Crippen molar-refractivity contribution >= 4 is 5.97 Å². The van der Waals surface area contributed by atoms with Crippen LogP contribution in [0.25, 0.3) is 11.4 Å². The first kappa shape index (κ1) is 16.9. The number of esters is 1. The van der Waals surface area contributed by atoms with Crippen molar-refractivity contribution in [2.24, 2.45) is 0 Å². The lowest BCUT2D eigenvalue weighted by Crippen LogP contribution is -2.15. The molecule has 1 heterocycles. The molecule has 0 aliphatic carbocycles. The lowest BCUT2D eigenvalue weighted by molar-refractivity contribution is 0.0600. The van der Waals surface area contributed by atoms with Gasteiger partial charge < -0.3 is 14.4 Å². The third-order valence-corrected chi connectivity index (χ3v) is 4.00. The van der Waals surface area contributed by atoms with E-state index in [1.807, 2.05) is 4.57 Å². The average Bonchev–Trinajstić information content (AvgIpc) is 3.13. The van der Waals surface area contributed by atoms with E-state index in [1.165, 1.54) is 19.2 Å². The fourth-order valence-corrected chi connectivity index (χ4v) is 2.70. The van der Waals surface area contributed by atoms with Gasteiger partial charge in [0.1, 0.15) is 11.6 Å². The molecule has 0 aliphatic heterocycles. The molecule has 1 unspecified atom stereocenters. The number of rotatable bonds is 5. The van der Waals surface area contributed by atoms with Gasteiger partial charge in [0.25, 0.3) is 0 Å². The third-order valence-electron chi connectivity index (χ3n) is 4.00. The minimum absolute atomic E-state index is 0.158. The van der Waals surface area contributed by atoms with Crippen LogP contribution < -0.4 is 0 Å². The SMILES string of the molecule is COC(=O)c1ccc(-c2nccn2C(CO)c2ccc(F)cc2)cc1. The Morgan fingerprint density at radius 2 is 1.88 bits per heavy atom. The zero-order valence-corrected chi connectivity index (χ0v) is 13.6. The topological polar surface area (TPSA) is 64.3 Å². The lowest BCUT2D eigenvalue weighted by atomic mass is 10.1. The fraction of sp³-hybridized carbons (Fsp3) is 0.158. The van der Waals surface area contributed by atoms with Gasteiger partial charge in [-0.2, -0.15) is 0 Å². The molecule has 0 radical (unpaired) electrons. The largest absolute Gasteiger partial charge is 0.465 e. The molecular formula is C19H17FN2O3. The Balaban J connectivity index is 1.96. The summed E-state index contributed by atoms with van der Waals surface area (Å²) < 4.78 is 19.7. The second-order valence-corrected chi connectivity index (χ2v) is 5.48. The highest BCUT2D eigenvalue weighted by molar-refractivity contribution is 5.89. The summed E-state index contributed by atoms with van der Waals surface area (Å²) in [6.07, 6.45) is 3.39. The Bertz CT molecular complexity index is 857. The first-order chi connectivity index (χ1) is 12.1. The van der Waals surface area contributed by atoms with Crippen molar-refractivity contribution in [2.45, 2.75) is 6.04 Å². The standard InChI is InChI=1S/C19H17FN2O3/c1-25-19(24)15-4-2-14(3-5-15)18-21-10-11-22(18)17(12-23)13-6-8-16(20)9-7-13/h2-11,17,23H,12H2,1H3.